The zero-order valence-electron chi connectivity index (χ0n) is 14.0. The van der Waals surface area contributed by atoms with E-state index in [2.05, 4.69) is 5.32 Å². The lowest BCUT2D eigenvalue weighted by atomic mass is 9.80. The third kappa shape index (κ3) is 4.17. The summed E-state index contributed by atoms with van der Waals surface area (Å²) in [5.41, 5.74) is -0.174. The van der Waals surface area contributed by atoms with Crippen molar-refractivity contribution in [1.82, 2.24) is 5.32 Å². The van der Waals surface area contributed by atoms with Crippen LogP contribution in [0.1, 0.15) is 18.4 Å². The summed E-state index contributed by atoms with van der Waals surface area (Å²) in [6, 6.07) is 5.25. The molecule has 0 radical (unpaired) electrons. The fourth-order valence-corrected chi connectivity index (χ4v) is 2.73. The summed E-state index contributed by atoms with van der Waals surface area (Å²) >= 11 is 0. The molecule has 1 fully saturated rings. The van der Waals surface area contributed by atoms with Gasteiger partial charge in [0.2, 0.25) is 5.91 Å². The molecule has 132 valence electrons. The van der Waals surface area contributed by atoms with Crippen molar-refractivity contribution in [3.8, 4) is 11.5 Å². The van der Waals surface area contributed by atoms with Crippen LogP contribution >= 0.6 is 0 Å². The number of carboxylic acids is 1. The van der Waals surface area contributed by atoms with Crippen LogP contribution in [0.4, 0.5) is 0 Å². The van der Waals surface area contributed by atoms with E-state index in [4.69, 9.17) is 14.2 Å². The molecule has 0 saturated carbocycles. The van der Waals surface area contributed by atoms with E-state index in [0.717, 1.165) is 5.56 Å². The van der Waals surface area contributed by atoms with Gasteiger partial charge in [-0.2, -0.15) is 0 Å². The first kappa shape index (κ1) is 18.1. The number of hydrogen-bond acceptors (Lipinski definition) is 5. The number of aliphatic carboxylic acids is 1. The number of amides is 1. The maximum absolute atomic E-state index is 12.2. The first-order valence-corrected chi connectivity index (χ1v) is 7.79. The molecule has 24 heavy (non-hydrogen) atoms. The minimum atomic E-state index is -0.939. The highest BCUT2D eigenvalue weighted by molar-refractivity contribution is 5.81. The van der Waals surface area contributed by atoms with Crippen LogP contribution in [-0.4, -0.2) is 51.0 Å². The van der Waals surface area contributed by atoms with Crippen molar-refractivity contribution < 1.29 is 28.9 Å². The molecule has 1 aromatic rings. The maximum atomic E-state index is 12.2. The molecule has 0 atom stereocenters. The van der Waals surface area contributed by atoms with E-state index >= 15 is 0 Å². The lowest BCUT2D eigenvalue weighted by molar-refractivity contribution is -0.154. The van der Waals surface area contributed by atoms with Gasteiger partial charge in [0.25, 0.3) is 0 Å². The molecule has 1 amide bonds. The van der Waals surface area contributed by atoms with Crippen molar-refractivity contribution >= 4 is 11.9 Å². The monoisotopic (exact) mass is 337 g/mol. The van der Waals surface area contributed by atoms with Gasteiger partial charge in [-0.15, -0.1) is 0 Å². The molecule has 0 aromatic heterocycles. The van der Waals surface area contributed by atoms with Gasteiger partial charge in [0.1, 0.15) is 0 Å². The first-order chi connectivity index (χ1) is 11.5. The molecule has 0 unspecified atom stereocenters. The molecule has 2 rings (SSSR count). The molecular formula is C17H23NO6. The second-order valence-corrected chi connectivity index (χ2v) is 5.84. The summed E-state index contributed by atoms with van der Waals surface area (Å²) in [6.45, 7) is 0.910. The Morgan fingerprint density at radius 2 is 1.88 bits per heavy atom. The molecule has 1 aliphatic rings. The first-order valence-electron chi connectivity index (χ1n) is 7.79. The molecule has 0 bridgehead atoms. The van der Waals surface area contributed by atoms with E-state index in [1.807, 2.05) is 0 Å². The van der Waals surface area contributed by atoms with Crippen LogP contribution in [0.2, 0.25) is 0 Å². The summed E-state index contributed by atoms with van der Waals surface area (Å²) in [4.78, 5) is 23.7. The van der Waals surface area contributed by atoms with E-state index in [1.165, 1.54) is 7.11 Å². The molecule has 7 nitrogen and oxygen atoms in total. The van der Waals surface area contributed by atoms with Crippen LogP contribution < -0.4 is 14.8 Å². The smallest absolute Gasteiger partial charge is 0.311 e. The number of nitrogens with one attached hydrogen (secondary N) is 1. The highest BCUT2D eigenvalue weighted by Crippen LogP contribution is 2.30. The Kier molecular flexibility index (Phi) is 6.03. The van der Waals surface area contributed by atoms with Gasteiger partial charge in [-0.3, -0.25) is 9.59 Å². The summed E-state index contributed by atoms with van der Waals surface area (Å²) in [7, 11) is 3.08. The van der Waals surface area contributed by atoms with E-state index in [0.29, 0.717) is 37.6 Å². The third-order valence-electron chi connectivity index (χ3n) is 4.34. The predicted octanol–water partition coefficient (Wildman–Crippen LogP) is 1.24. The Labute approximate surface area is 140 Å². The van der Waals surface area contributed by atoms with Crippen LogP contribution in [-0.2, 0) is 20.7 Å². The molecule has 0 spiro atoms. The number of carbonyl (C=O) groups excluding carboxylic acids is 1. The lowest BCUT2D eigenvalue weighted by Gasteiger charge is -2.33. The van der Waals surface area contributed by atoms with E-state index < -0.39 is 11.4 Å². The largest absolute Gasteiger partial charge is 0.493 e. The third-order valence-corrected chi connectivity index (χ3v) is 4.34. The van der Waals surface area contributed by atoms with Gasteiger partial charge in [0, 0.05) is 19.8 Å². The van der Waals surface area contributed by atoms with Gasteiger partial charge in [0.15, 0.2) is 11.5 Å². The molecular weight excluding hydrogens is 314 g/mol. The number of methoxy groups -OCH3 is 2. The van der Waals surface area contributed by atoms with Crippen molar-refractivity contribution in [2.24, 2.45) is 5.41 Å². The zero-order chi connectivity index (χ0) is 17.6. The van der Waals surface area contributed by atoms with Crippen molar-refractivity contribution in [3.63, 3.8) is 0 Å². The molecule has 1 saturated heterocycles. The van der Waals surface area contributed by atoms with Crippen LogP contribution in [0.25, 0.3) is 0 Å². The van der Waals surface area contributed by atoms with Gasteiger partial charge in [-0.05, 0) is 30.5 Å². The lowest BCUT2D eigenvalue weighted by Crippen LogP contribution is -2.46. The van der Waals surface area contributed by atoms with Gasteiger partial charge < -0.3 is 24.6 Å². The van der Waals surface area contributed by atoms with Crippen LogP contribution in [0.5, 0.6) is 11.5 Å². The highest BCUT2D eigenvalue weighted by atomic mass is 16.5. The number of ether oxygens (including phenoxy) is 3. The van der Waals surface area contributed by atoms with Crippen LogP contribution in [0.3, 0.4) is 0 Å². The Morgan fingerprint density at radius 1 is 1.21 bits per heavy atom. The summed E-state index contributed by atoms with van der Waals surface area (Å²) < 4.78 is 15.6. The Hall–Kier alpha value is -2.28. The van der Waals surface area contributed by atoms with Gasteiger partial charge >= 0.3 is 5.97 Å². The SMILES string of the molecule is COc1ccc(CC(=O)NCC2(C(=O)O)CCOCC2)cc1OC. The molecule has 1 aromatic carbocycles. The number of benzene rings is 1. The molecule has 1 heterocycles. The van der Waals surface area contributed by atoms with Gasteiger partial charge in [-0.1, -0.05) is 6.07 Å². The number of hydrogen-bond donors (Lipinski definition) is 2. The van der Waals surface area contributed by atoms with Crippen LogP contribution in [0, 0.1) is 5.41 Å². The predicted molar refractivity (Wildman–Crippen MR) is 86.4 cm³/mol. The van der Waals surface area contributed by atoms with Crippen molar-refractivity contribution in [2.45, 2.75) is 19.3 Å². The summed E-state index contributed by atoms with van der Waals surface area (Å²) in [5, 5.41) is 12.2. The second kappa shape index (κ2) is 8.01. The minimum absolute atomic E-state index is 0.109. The number of rotatable bonds is 7. The Bertz CT molecular complexity index is 595. The average molecular weight is 337 g/mol. The fourth-order valence-electron chi connectivity index (χ4n) is 2.73. The second-order valence-electron chi connectivity index (χ2n) is 5.84. The molecule has 0 aliphatic carbocycles. The fraction of sp³-hybridized carbons (Fsp3) is 0.529. The van der Waals surface area contributed by atoms with E-state index in [-0.39, 0.29) is 18.9 Å². The highest BCUT2D eigenvalue weighted by Gasteiger charge is 2.40. The number of carbonyl (C=O) groups is 2. The Morgan fingerprint density at radius 3 is 2.46 bits per heavy atom. The molecule has 2 N–H and O–H groups in total. The van der Waals surface area contributed by atoms with E-state index in [1.54, 1.807) is 25.3 Å². The maximum Gasteiger partial charge on any atom is 0.311 e. The molecule has 1 aliphatic heterocycles. The average Bonchev–Trinajstić information content (AvgIpc) is 2.60. The summed E-state index contributed by atoms with van der Waals surface area (Å²) in [5.74, 6) is 0.0227. The van der Waals surface area contributed by atoms with Crippen molar-refractivity contribution in [3.05, 3.63) is 23.8 Å². The Balaban J connectivity index is 1.96. The summed E-state index contributed by atoms with van der Waals surface area (Å²) in [6.07, 6.45) is 0.949. The minimum Gasteiger partial charge on any atom is -0.493 e. The molecule has 7 heteroatoms. The normalized spacial score (nSPS) is 16.2. The van der Waals surface area contributed by atoms with Crippen LogP contribution in [0.15, 0.2) is 18.2 Å². The van der Waals surface area contributed by atoms with Gasteiger partial charge in [0.05, 0.1) is 26.1 Å². The van der Waals surface area contributed by atoms with Crippen molar-refractivity contribution in [1.29, 1.82) is 0 Å². The van der Waals surface area contributed by atoms with Gasteiger partial charge in [-0.25, -0.2) is 0 Å². The quantitative estimate of drug-likeness (QED) is 0.777. The number of carboxylic acid groups (broad SMARTS) is 1. The zero-order valence-corrected chi connectivity index (χ0v) is 14.0. The van der Waals surface area contributed by atoms with E-state index in [9.17, 15) is 14.7 Å². The standard InChI is InChI=1S/C17H23NO6/c1-22-13-4-3-12(9-14(13)23-2)10-15(19)18-11-17(16(20)21)5-7-24-8-6-17/h3-4,9H,5-8,10-11H2,1-2H3,(H,18,19)(H,20,21). The topological polar surface area (TPSA) is 94.1 Å². The van der Waals surface area contributed by atoms with Crippen molar-refractivity contribution in [2.75, 3.05) is 34.0 Å².